The molecular formula is C85H136O17P2. The predicted molar refractivity (Wildman–Crippen MR) is 426 cm³/mol. The number of phosphoric ester groups is 2. The highest BCUT2D eigenvalue weighted by atomic mass is 31.2. The number of allylic oxidation sites excluding steroid dienone is 29. The van der Waals surface area contributed by atoms with Crippen LogP contribution in [0.2, 0.25) is 0 Å². The molecule has 0 aromatic heterocycles. The van der Waals surface area contributed by atoms with Crippen LogP contribution < -0.4 is 0 Å². The summed E-state index contributed by atoms with van der Waals surface area (Å²) in [6.07, 6.45) is 90.6. The fourth-order valence-corrected chi connectivity index (χ4v) is 11.1. The van der Waals surface area contributed by atoms with Crippen LogP contribution in [0.5, 0.6) is 0 Å². The molecule has 0 aliphatic rings. The number of carbonyl (C=O) groups is 4. The van der Waals surface area contributed by atoms with Gasteiger partial charge in [-0.05, 0) is 154 Å². The molecule has 0 saturated carbocycles. The average Bonchev–Trinajstić information content (AvgIpc) is 0.937. The number of hydrogen-bond acceptors (Lipinski definition) is 15. The van der Waals surface area contributed by atoms with E-state index in [2.05, 4.69) is 174 Å². The van der Waals surface area contributed by atoms with Crippen LogP contribution in [0, 0.1) is 0 Å². The van der Waals surface area contributed by atoms with E-state index in [1.165, 1.54) is 19.3 Å². The Bertz CT molecular complexity index is 2690. The summed E-state index contributed by atoms with van der Waals surface area (Å²) in [7, 11) is -10.0. The number of aliphatic hydroxyl groups is 1. The Balaban J connectivity index is 5.51. The van der Waals surface area contributed by atoms with Crippen molar-refractivity contribution in [3.8, 4) is 0 Å². The Morgan fingerprint density at radius 3 is 0.894 bits per heavy atom. The minimum absolute atomic E-state index is 0.0574. The van der Waals surface area contributed by atoms with E-state index in [1.54, 1.807) is 12.2 Å². The quantitative estimate of drug-likeness (QED) is 0.0169. The van der Waals surface area contributed by atoms with Gasteiger partial charge in [0.1, 0.15) is 19.3 Å². The van der Waals surface area contributed by atoms with Gasteiger partial charge >= 0.3 is 39.5 Å². The van der Waals surface area contributed by atoms with Crippen LogP contribution >= 0.6 is 15.6 Å². The SMILES string of the molecule is CC/C=C\C/C=C\C/C=C\C/C=C\C/C=C\CCCC(=O)OCC(COP(=O)(O)OCC(O)COP(=O)(O)OCC(COC(=O)CCCCCCCCC/C=C\C/C=C\C/C=C\CC)OC(=O)C/C=C\C/C=C\C/C=C\C/C=C\C/C=C\CC)OC(=O)CCCCCCC/C=C\C/C=C\CCCCC. The van der Waals surface area contributed by atoms with Gasteiger partial charge in [-0.1, -0.05) is 274 Å². The molecule has 0 aliphatic carbocycles. The molecule has 0 saturated heterocycles. The molecule has 5 unspecified atom stereocenters. The molecule has 0 fully saturated rings. The molecule has 588 valence electrons. The third-order valence-corrected chi connectivity index (χ3v) is 17.3. The smallest absolute Gasteiger partial charge is 0.462 e. The number of aliphatic hydroxyl groups excluding tert-OH is 1. The van der Waals surface area contributed by atoms with Gasteiger partial charge in [0, 0.05) is 19.3 Å². The number of ether oxygens (including phenoxy) is 4. The molecule has 0 spiro atoms. The molecule has 17 nitrogen and oxygen atoms in total. The second-order valence-electron chi connectivity index (χ2n) is 25.2. The molecule has 19 heteroatoms. The Morgan fingerprint density at radius 2 is 0.548 bits per heavy atom. The van der Waals surface area contributed by atoms with E-state index >= 15 is 0 Å². The van der Waals surface area contributed by atoms with Gasteiger partial charge in [0.25, 0.3) is 0 Å². The van der Waals surface area contributed by atoms with Crippen LogP contribution in [0.4, 0.5) is 0 Å². The minimum atomic E-state index is -5.02. The van der Waals surface area contributed by atoms with Crippen LogP contribution in [0.15, 0.2) is 182 Å². The number of carbonyl (C=O) groups excluding carboxylic acids is 4. The van der Waals surface area contributed by atoms with Crippen LogP contribution in [0.1, 0.15) is 272 Å². The minimum Gasteiger partial charge on any atom is -0.462 e. The predicted octanol–water partition coefficient (Wildman–Crippen LogP) is 22.8. The zero-order chi connectivity index (χ0) is 76.0. The number of esters is 4. The van der Waals surface area contributed by atoms with Gasteiger partial charge in [0.15, 0.2) is 12.2 Å². The number of phosphoric acid groups is 2. The highest BCUT2D eigenvalue weighted by Gasteiger charge is 2.30. The summed E-state index contributed by atoms with van der Waals surface area (Å²) in [5.74, 6) is -2.44. The first-order chi connectivity index (χ1) is 50.7. The third-order valence-electron chi connectivity index (χ3n) is 15.4. The van der Waals surface area contributed by atoms with E-state index in [0.717, 1.165) is 167 Å². The van der Waals surface area contributed by atoms with Crippen molar-refractivity contribution in [2.45, 2.75) is 290 Å². The van der Waals surface area contributed by atoms with Crippen molar-refractivity contribution >= 4 is 39.5 Å². The van der Waals surface area contributed by atoms with E-state index < -0.39 is 97.5 Å². The summed E-state index contributed by atoms with van der Waals surface area (Å²) in [5, 5.41) is 10.6. The van der Waals surface area contributed by atoms with Crippen LogP contribution in [0.3, 0.4) is 0 Å². The summed E-state index contributed by atoms with van der Waals surface area (Å²) in [5.41, 5.74) is 0. The maximum atomic E-state index is 13.1. The average molecular weight is 1490 g/mol. The standard InChI is InChI=1S/C85H136O17P2/c1-5-9-13-17-21-25-29-33-37-39-43-45-49-53-57-61-65-69-82(87)95-75-80(101-84(89)71-67-63-59-55-51-47-41-35-31-27-23-19-15-11-7-3)77-99-103(91,92)97-73-79(86)74-98-104(93,94)100-78-81(102-85(90)72-68-64-60-56-52-48-42-36-32-28-24-20-16-12-8-4)76-96-83(88)70-66-62-58-54-50-46-44-40-38-34-30-26-22-18-14-10-6-2/h9-11,13-15,21-28,33-38,41-42,44,46,51,54-55,58,63,67,79-81,86H,5-8,12,16-20,29-32,39-40,43,45,47-50,52-53,56-57,59-62,64-66,68-78H2,1-4H3,(H,91,92)(H,93,94)/b13-9-,14-10-,15-11-,25-21-,26-22-,27-23-,28-24-,37-33-,38-34-,41-35-,42-36-,46-44-,55-51-,58-54-,67-63-. The zero-order valence-electron chi connectivity index (χ0n) is 64.1. The first kappa shape index (κ1) is 98.2. The van der Waals surface area contributed by atoms with Gasteiger partial charge in [-0.2, -0.15) is 0 Å². The Kier molecular flexibility index (Phi) is 71.2. The van der Waals surface area contributed by atoms with Crippen molar-refractivity contribution in [3.63, 3.8) is 0 Å². The van der Waals surface area contributed by atoms with Crippen molar-refractivity contribution in [1.82, 2.24) is 0 Å². The monoisotopic (exact) mass is 1490 g/mol. The summed E-state index contributed by atoms with van der Waals surface area (Å²) >= 11 is 0. The van der Waals surface area contributed by atoms with Crippen molar-refractivity contribution in [3.05, 3.63) is 182 Å². The van der Waals surface area contributed by atoms with Crippen molar-refractivity contribution in [2.24, 2.45) is 0 Å². The molecule has 0 amide bonds. The highest BCUT2D eigenvalue weighted by Crippen LogP contribution is 2.45. The molecule has 3 N–H and O–H groups in total. The second kappa shape index (κ2) is 75.4. The summed E-state index contributed by atoms with van der Waals surface area (Å²) in [4.78, 5) is 72.9. The molecular weight excluding hydrogens is 1350 g/mol. The van der Waals surface area contributed by atoms with E-state index in [9.17, 15) is 43.2 Å². The van der Waals surface area contributed by atoms with E-state index in [-0.39, 0.29) is 25.7 Å². The molecule has 0 bridgehead atoms. The third kappa shape index (κ3) is 74.4. The number of hydrogen-bond donors (Lipinski definition) is 3. The normalized spacial score (nSPS) is 14.9. The summed E-state index contributed by atoms with van der Waals surface area (Å²) < 4.78 is 68.3. The van der Waals surface area contributed by atoms with Gasteiger partial charge in [-0.15, -0.1) is 0 Å². The number of rotatable bonds is 71. The fourth-order valence-electron chi connectivity index (χ4n) is 9.55. The van der Waals surface area contributed by atoms with Gasteiger partial charge in [0.05, 0.1) is 32.8 Å². The zero-order valence-corrected chi connectivity index (χ0v) is 65.9. The highest BCUT2D eigenvalue weighted by molar-refractivity contribution is 7.47. The van der Waals surface area contributed by atoms with Crippen molar-refractivity contribution < 1.29 is 80.2 Å². The molecule has 5 atom stereocenters. The van der Waals surface area contributed by atoms with E-state index in [1.807, 2.05) is 24.3 Å². The van der Waals surface area contributed by atoms with Gasteiger partial charge in [0.2, 0.25) is 0 Å². The Labute approximate surface area is 628 Å². The van der Waals surface area contributed by atoms with Crippen molar-refractivity contribution in [2.75, 3.05) is 39.6 Å². The summed E-state index contributed by atoms with van der Waals surface area (Å²) in [6, 6.07) is 0. The van der Waals surface area contributed by atoms with Gasteiger partial charge < -0.3 is 33.8 Å². The van der Waals surface area contributed by atoms with Gasteiger partial charge in [-0.3, -0.25) is 37.3 Å². The Morgan fingerprint density at radius 1 is 0.288 bits per heavy atom. The van der Waals surface area contributed by atoms with E-state index in [4.69, 9.17) is 37.0 Å². The first-order valence-electron chi connectivity index (χ1n) is 39.0. The van der Waals surface area contributed by atoms with Gasteiger partial charge in [-0.25, -0.2) is 9.13 Å². The molecule has 0 aromatic carbocycles. The van der Waals surface area contributed by atoms with Crippen LogP contribution in [0.25, 0.3) is 0 Å². The number of unbranched alkanes of at least 4 members (excludes halogenated alkanes) is 16. The lowest BCUT2D eigenvalue weighted by atomic mass is 10.1. The molecule has 0 radical (unpaired) electrons. The van der Waals surface area contributed by atoms with Crippen molar-refractivity contribution in [1.29, 1.82) is 0 Å². The largest absolute Gasteiger partial charge is 0.472 e. The molecule has 104 heavy (non-hydrogen) atoms. The lowest BCUT2D eigenvalue weighted by Gasteiger charge is -2.21. The Hall–Kier alpha value is -5.84. The molecule has 0 heterocycles. The van der Waals surface area contributed by atoms with Crippen LogP contribution in [-0.2, 0) is 65.4 Å². The lowest BCUT2D eigenvalue weighted by molar-refractivity contribution is -0.161. The molecule has 0 aliphatic heterocycles. The summed E-state index contributed by atoms with van der Waals surface area (Å²) in [6.45, 7) is 4.27. The van der Waals surface area contributed by atoms with Crippen LogP contribution in [-0.4, -0.2) is 96.7 Å². The second-order valence-corrected chi connectivity index (χ2v) is 28.1. The first-order valence-corrected chi connectivity index (χ1v) is 42.0. The maximum absolute atomic E-state index is 13.1. The molecule has 0 aromatic rings. The fraction of sp³-hybridized carbons (Fsp3) is 0.600. The lowest BCUT2D eigenvalue weighted by Crippen LogP contribution is -2.30. The molecule has 0 rings (SSSR count). The maximum Gasteiger partial charge on any atom is 0.472 e. The topological polar surface area (TPSA) is 237 Å². The van der Waals surface area contributed by atoms with E-state index in [0.29, 0.717) is 32.1 Å².